The third-order valence-corrected chi connectivity index (χ3v) is 4.84. The summed E-state index contributed by atoms with van der Waals surface area (Å²) in [6.07, 6.45) is 2.07. The zero-order valence-corrected chi connectivity index (χ0v) is 14.5. The summed E-state index contributed by atoms with van der Waals surface area (Å²) in [4.78, 5) is 17.3. The predicted molar refractivity (Wildman–Crippen MR) is 90.3 cm³/mol. The Labute approximate surface area is 138 Å². The van der Waals surface area contributed by atoms with Gasteiger partial charge in [0.15, 0.2) is 0 Å². The van der Waals surface area contributed by atoms with E-state index in [1.807, 2.05) is 23.8 Å². The molecule has 2 aromatic rings. The van der Waals surface area contributed by atoms with Crippen LogP contribution in [0.3, 0.4) is 0 Å². The number of thioether (sulfide) groups is 1. The molecule has 2 rings (SSSR count). The van der Waals surface area contributed by atoms with Gasteiger partial charge >= 0.3 is 0 Å². The van der Waals surface area contributed by atoms with E-state index in [2.05, 4.69) is 10.3 Å². The first-order valence-corrected chi connectivity index (χ1v) is 9.17. The summed E-state index contributed by atoms with van der Waals surface area (Å²) >= 11 is 3.08. The van der Waals surface area contributed by atoms with Crippen molar-refractivity contribution in [3.63, 3.8) is 0 Å². The SMILES string of the molecule is CSCC(C)(O)CNC(=O)Cc1nc(-c2cccs2)oc1C. The molecule has 2 N–H and O–H groups in total. The number of thiophene rings is 1. The molecule has 7 heteroatoms. The molecule has 5 nitrogen and oxygen atoms in total. The van der Waals surface area contributed by atoms with E-state index in [0.29, 0.717) is 23.1 Å². The number of hydrogen-bond donors (Lipinski definition) is 2. The van der Waals surface area contributed by atoms with Crippen LogP contribution in [0.2, 0.25) is 0 Å². The number of hydrogen-bond acceptors (Lipinski definition) is 6. The highest BCUT2D eigenvalue weighted by atomic mass is 32.2. The fraction of sp³-hybridized carbons (Fsp3) is 0.467. The van der Waals surface area contributed by atoms with Crippen molar-refractivity contribution < 1.29 is 14.3 Å². The van der Waals surface area contributed by atoms with Crippen molar-refractivity contribution in [2.24, 2.45) is 0 Å². The first kappa shape index (κ1) is 17.1. The van der Waals surface area contributed by atoms with Crippen molar-refractivity contribution in [1.29, 1.82) is 0 Å². The minimum absolute atomic E-state index is 0.149. The molecule has 0 spiro atoms. The monoisotopic (exact) mass is 340 g/mol. The fourth-order valence-corrected chi connectivity index (χ4v) is 3.34. The van der Waals surface area contributed by atoms with E-state index in [1.165, 1.54) is 0 Å². The Morgan fingerprint density at radius 1 is 1.59 bits per heavy atom. The standard InChI is InChI=1S/C15H20N2O3S2/c1-10-11(17-14(20-10)12-5-4-6-22-12)7-13(18)16-8-15(2,19)9-21-3/h4-6,19H,7-9H2,1-3H3,(H,16,18). The number of aromatic nitrogens is 1. The second-order valence-corrected chi connectivity index (χ2v) is 7.20. The van der Waals surface area contributed by atoms with Crippen LogP contribution in [0.15, 0.2) is 21.9 Å². The van der Waals surface area contributed by atoms with Crippen LogP contribution in [-0.4, -0.2) is 40.2 Å². The van der Waals surface area contributed by atoms with E-state index in [4.69, 9.17) is 4.42 Å². The highest BCUT2D eigenvalue weighted by Gasteiger charge is 2.21. The summed E-state index contributed by atoms with van der Waals surface area (Å²) in [6.45, 7) is 3.73. The van der Waals surface area contributed by atoms with Gasteiger partial charge in [0.25, 0.3) is 0 Å². The van der Waals surface area contributed by atoms with Gasteiger partial charge in [-0.05, 0) is 31.5 Å². The van der Waals surface area contributed by atoms with Gasteiger partial charge in [0, 0.05) is 12.3 Å². The molecule has 0 aliphatic heterocycles. The molecule has 1 unspecified atom stereocenters. The normalized spacial score (nSPS) is 13.8. The third-order valence-electron chi connectivity index (χ3n) is 3.07. The minimum atomic E-state index is -0.907. The summed E-state index contributed by atoms with van der Waals surface area (Å²) in [5.41, 5.74) is -0.277. The van der Waals surface area contributed by atoms with Crippen LogP contribution in [0, 0.1) is 6.92 Å². The summed E-state index contributed by atoms with van der Waals surface area (Å²) in [5.74, 6) is 1.59. The van der Waals surface area contributed by atoms with Crippen molar-refractivity contribution in [2.45, 2.75) is 25.9 Å². The highest BCUT2D eigenvalue weighted by Crippen LogP contribution is 2.26. The second-order valence-electron chi connectivity index (χ2n) is 5.38. The molecular weight excluding hydrogens is 320 g/mol. The number of nitrogens with zero attached hydrogens (tertiary/aromatic N) is 1. The van der Waals surface area contributed by atoms with Gasteiger partial charge < -0.3 is 14.8 Å². The van der Waals surface area contributed by atoms with Crippen molar-refractivity contribution in [2.75, 3.05) is 18.6 Å². The number of carbonyl (C=O) groups excluding carboxylic acids is 1. The maximum absolute atomic E-state index is 12.0. The Bertz CT molecular complexity index is 621. The number of aliphatic hydroxyl groups is 1. The van der Waals surface area contributed by atoms with Crippen molar-refractivity contribution in [1.82, 2.24) is 10.3 Å². The van der Waals surface area contributed by atoms with Gasteiger partial charge in [-0.15, -0.1) is 11.3 Å². The third kappa shape index (κ3) is 4.59. The van der Waals surface area contributed by atoms with Gasteiger partial charge in [-0.25, -0.2) is 4.98 Å². The van der Waals surface area contributed by atoms with Crippen LogP contribution in [0.4, 0.5) is 0 Å². The molecule has 0 radical (unpaired) electrons. The molecule has 0 saturated heterocycles. The number of nitrogens with one attached hydrogen (secondary N) is 1. The Kier molecular flexibility index (Phi) is 5.66. The van der Waals surface area contributed by atoms with Crippen LogP contribution < -0.4 is 5.32 Å². The minimum Gasteiger partial charge on any atom is -0.440 e. The van der Waals surface area contributed by atoms with Crippen LogP contribution in [0.25, 0.3) is 10.8 Å². The number of rotatable bonds is 7. The lowest BCUT2D eigenvalue weighted by Crippen LogP contribution is -2.43. The highest BCUT2D eigenvalue weighted by molar-refractivity contribution is 7.98. The lowest BCUT2D eigenvalue weighted by atomic mass is 10.1. The quantitative estimate of drug-likeness (QED) is 0.810. The molecule has 22 heavy (non-hydrogen) atoms. The van der Waals surface area contributed by atoms with E-state index in [-0.39, 0.29) is 18.9 Å². The largest absolute Gasteiger partial charge is 0.440 e. The molecule has 0 fully saturated rings. The van der Waals surface area contributed by atoms with Gasteiger partial charge in [0.2, 0.25) is 11.8 Å². The van der Waals surface area contributed by atoms with Crippen LogP contribution in [0.5, 0.6) is 0 Å². The summed E-state index contributed by atoms with van der Waals surface area (Å²) < 4.78 is 5.61. The average Bonchev–Trinajstić information content (AvgIpc) is 3.07. The Morgan fingerprint density at radius 2 is 2.36 bits per heavy atom. The van der Waals surface area contributed by atoms with Crippen LogP contribution in [-0.2, 0) is 11.2 Å². The van der Waals surface area contributed by atoms with Gasteiger partial charge in [0.1, 0.15) is 5.76 Å². The second kappa shape index (κ2) is 7.30. The van der Waals surface area contributed by atoms with E-state index in [1.54, 1.807) is 36.9 Å². The van der Waals surface area contributed by atoms with E-state index >= 15 is 0 Å². The zero-order chi connectivity index (χ0) is 16.2. The molecule has 120 valence electrons. The average molecular weight is 340 g/mol. The molecule has 2 heterocycles. The summed E-state index contributed by atoms with van der Waals surface area (Å²) in [7, 11) is 0. The number of aryl methyl sites for hydroxylation is 1. The van der Waals surface area contributed by atoms with E-state index in [9.17, 15) is 9.90 Å². The number of carbonyl (C=O) groups is 1. The maximum atomic E-state index is 12.0. The molecular formula is C15H20N2O3S2. The van der Waals surface area contributed by atoms with Crippen molar-refractivity contribution in [3.05, 3.63) is 29.0 Å². The Morgan fingerprint density at radius 3 is 3.00 bits per heavy atom. The molecule has 0 bridgehead atoms. The molecule has 0 saturated carbocycles. The van der Waals surface area contributed by atoms with Crippen molar-refractivity contribution in [3.8, 4) is 10.8 Å². The van der Waals surface area contributed by atoms with Crippen LogP contribution in [0.1, 0.15) is 18.4 Å². The first-order valence-electron chi connectivity index (χ1n) is 6.89. The van der Waals surface area contributed by atoms with E-state index in [0.717, 1.165) is 4.88 Å². The van der Waals surface area contributed by atoms with Crippen LogP contribution >= 0.6 is 23.1 Å². The number of amides is 1. The number of oxazole rings is 1. The topological polar surface area (TPSA) is 75.4 Å². The van der Waals surface area contributed by atoms with Crippen molar-refractivity contribution >= 4 is 29.0 Å². The lowest BCUT2D eigenvalue weighted by Gasteiger charge is -2.22. The van der Waals surface area contributed by atoms with Gasteiger partial charge in [0.05, 0.1) is 22.6 Å². The van der Waals surface area contributed by atoms with Gasteiger partial charge in [-0.1, -0.05) is 6.07 Å². The lowest BCUT2D eigenvalue weighted by molar-refractivity contribution is -0.121. The smallest absolute Gasteiger partial charge is 0.236 e. The van der Waals surface area contributed by atoms with Gasteiger partial charge in [-0.3, -0.25) is 4.79 Å². The summed E-state index contributed by atoms with van der Waals surface area (Å²) in [6, 6.07) is 3.86. The molecule has 1 atom stereocenters. The first-order chi connectivity index (χ1) is 10.4. The molecule has 0 aromatic carbocycles. The maximum Gasteiger partial charge on any atom is 0.236 e. The molecule has 0 aliphatic carbocycles. The molecule has 1 amide bonds. The molecule has 2 aromatic heterocycles. The molecule has 0 aliphatic rings. The zero-order valence-electron chi connectivity index (χ0n) is 12.9. The predicted octanol–water partition coefficient (Wildman–Crippen LogP) is 2.48. The van der Waals surface area contributed by atoms with E-state index < -0.39 is 5.60 Å². The fourth-order valence-electron chi connectivity index (χ4n) is 1.96. The Hall–Kier alpha value is -1.31. The Balaban J connectivity index is 1.95. The summed E-state index contributed by atoms with van der Waals surface area (Å²) in [5, 5.41) is 14.7. The van der Waals surface area contributed by atoms with Gasteiger partial charge in [-0.2, -0.15) is 11.8 Å².